The third kappa shape index (κ3) is 2.83. The molecule has 100 valence electrons. The highest BCUT2D eigenvalue weighted by atomic mass is 35.5. The fourth-order valence-corrected chi connectivity index (χ4v) is 2.18. The number of benzene rings is 2. The lowest BCUT2D eigenvalue weighted by atomic mass is 10.2. The predicted octanol–water partition coefficient (Wildman–Crippen LogP) is 4.14. The number of aromatic nitrogens is 2. The molecule has 0 atom stereocenters. The lowest BCUT2D eigenvalue weighted by molar-refractivity contribution is 0.880. The van der Waals surface area contributed by atoms with E-state index in [4.69, 9.17) is 11.6 Å². The number of hydrogen-bond donors (Lipinski definition) is 1. The van der Waals surface area contributed by atoms with Crippen molar-refractivity contribution in [1.29, 1.82) is 0 Å². The van der Waals surface area contributed by atoms with Crippen molar-refractivity contribution in [1.82, 2.24) is 9.78 Å². The van der Waals surface area contributed by atoms with E-state index >= 15 is 0 Å². The minimum atomic E-state index is 0.681. The van der Waals surface area contributed by atoms with Crippen LogP contribution in [0.4, 0.5) is 5.69 Å². The fraction of sp³-hybridized carbons (Fsp3) is 0.0625. The van der Waals surface area contributed by atoms with Gasteiger partial charge in [-0.15, -0.1) is 0 Å². The Kier molecular flexibility index (Phi) is 3.70. The molecule has 0 saturated carbocycles. The van der Waals surface area contributed by atoms with E-state index in [1.807, 2.05) is 71.7 Å². The molecule has 0 saturated heterocycles. The summed E-state index contributed by atoms with van der Waals surface area (Å²) in [6.07, 6.45) is 3.77. The van der Waals surface area contributed by atoms with Gasteiger partial charge in [-0.2, -0.15) is 5.10 Å². The Labute approximate surface area is 122 Å². The number of halogens is 1. The maximum atomic E-state index is 6.13. The van der Waals surface area contributed by atoms with E-state index in [9.17, 15) is 0 Å². The highest BCUT2D eigenvalue weighted by Gasteiger charge is 2.02. The molecule has 0 aliphatic heterocycles. The molecule has 0 aliphatic carbocycles. The van der Waals surface area contributed by atoms with E-state index in [2.05, 4.69) is 10.4 Å². The SMILES string of the molecule is Clc1ccccc1CNc1cnn(-c2ccccc2)c1. The molecule has 0 bridgehead atoms. The first-order valence-corrected chi connectivity index (χ1v) is 6.78. The molecule has 1 N–H and O–H groups in total. The van der Waals surface area contributed by atoms with E-state index < -0.39 is 0 Å². The normalized spacial score (nSPS) is 10.4. The Morgan fingerprint density at radius 2 is 1.75 bits per heavy atom. The molecular formula is C16H14ClN3. The van der Waals surface area contributed by atoms with Crippen molar-refractivity contribution in [2.45, 2.75) is 6.54 Å². The molecule has 1 aromatic heterocycles. The van der Waals surface area contributed by atoms with Gasteiger partial charge in [0.25, 0.3) is 0 Å². The second kappa shape index (κ2) is 5.80. The maximum Gasteiger partial charge on any atom is 0.0733 e. The van der Waals surface area contributed by atoms with Crippen LogP contribution in [-0.4, -0.2) is 9.78 Å². The van der Waals surface area contributed by atoms with Crippen LogP contribution in [0, 0.1) is 0 Å². The number of anilines is 1. The lowest BCUT2D eigenvalue weighted by Crippen LogP contribution is -1.99. The van der Waals surface area contributed by atoms with Crippen molar-refractivity contribution in [2.75, 3.05) is 5.32 Å². The monoisotopic (exact) mass is 283 g/mol. The summed E-state index contributed by atoms with van der Waals surface area (Å²) in [4.78, 5) is 0. The van der Waals surface area contributed by atoms with Gasteiger partial charge < -0.3 is 5.32 Å². The van der Waals surface area contributed by atoms with Crippen molar-refractivity contribution in [3.63, 3.8) is 0 Å². The van der Waals surface area contributed by atoms with Crippen LogP contribution in [0.1, 0.15) is 5.56 Å². The number of hydrogen-bond acceptors (Lipinski definition) is 2. The Balaban J connectivity index is 1.71. The van der Waals surface area contributed by atoms with Crippen molar-refractivity contribution in [2.24, 2.45) is 0 Å². The zero-order valence-corrected chi connectivity index (χ0v) is 11.6. The van der Waals surface area contributed by atoms with Crippen molar-refractivity contribution < 1.29 is 0 Å². The molecule has 3 aromatic rings. The summed E-state index contributed by atoms with van der Waals surface area (Å²) in [6.45, 7) is 0.681. The summed E-state index contributed by atoms with van der Waals surface area (Å²) in [6, 6.07) is 17.8. The fourth-order valence-electron chi connectivity index (χ4n) is 1.98. The van der Waals surface area contributed by atoms with E-state index in [0.29, 0.717) is 6.54 Å². The zero-order chi connectivity index (χ0) is 13.8. The van der Waals surface area contributed by atoms with Crippen LogP contribution in [0.15, 0.2) is 67.0 Å². The highest BCUT2D eigenvalue weighted by Crippen LogP contribution is 2.17. The van der Waals surface area contributed by atoms with Crippen molar-refractivity contribution >= 4 is 17.3 Å². The molecule has 4 heteroatoms. The van der Waals surface area contributed by atoms with Gasteiger partial charge in [-0.05, 0) is 23.8 Å². The summed E-state index contributed by atoms with van der Waals surface area (Å²) in [5.74, 6) is 0. The van der Waals surface area contributed by atoms with Gasteiger partial charge in [0.1, 0.15) is 0 Å². The van der Waals surface area contributed by atoms with Crippen molar-refractivity contribution in [3.8, 4) is 5.69 Å². The van der Waals surface area contributed by atoms with Gasteiger partial charge in [-0.1, -0.05) is 48.0 Å². The molecular weight excluding hydrogens is 270 g/mol. The number of para-hydroxylation sites is 1. The molecule has 0 amide bonds. The quantitative estimate of drug-likeness (QED) is 0.780. The van der Waals surface area contributed by atoms with Crippen LogP contribution in [0.2, 0.25) is 5.02 Å². The minimum absolute atomic E-state index is 0.681. The molecule has 20 heavy (non-hydrogen) atoms. The second-order valence-electron chi connectivity index (χ2n) is 4.45. The largest absolute Gasteiger partial charge is 0.378 e. The first kappa shape index (κ1) is 12.8. The van der Waals surface area contributed by atoms with Crippen molar-refractivity contribution in [3.05, 3.63) is 77.6 Å². The van der Waals surface area contributed by atoms with E-state index in [0.717, 1.165) is 22.0 Å². The molecule has 2 aromatic carbocycles. The minimum Gasteiger partial charge on any atom is -0.378 e. The lowest BCUT2D eigenvalue weighted by Gasteiger charge is -2.05. The predicted molar refractivity (Wildman–Crippen MR) is 82.3 cm³/mol. The molecule has 0 fully saturated rings. The summed E-state index contributed by atoms with van der Waals surface area (Å²) in [7, 11) is 0. The smallest absolute Gasteiger partial charge is 0.0733 e. The van der Waals surface area contributed by atoms with Gasteiger partial charge >= 0.3 is 0 Å². The topological polar surface area (TPSA) is 29.9 Å². The first-order valence-electron chi connectivity index (χ1n) is 6.40. The second-order valence-corrected chi connectivity index (χ2v) is 4.86. The third-order valence-electron chi connectivity index (χ3n) is 3.04. The Morgan fingerprint density at radius 1 is 1.00 bits per heavy atom. The Bertz CT molecular complexity index is 692. The molecule has 3 rings (SSSR count). The van der Waals surface area contributed by atoms with Gasteiger partial charge in [0, 0.05) is 11.6 Å². The molecule has 1 heterocycles. The van der Waals surface area contributed by atoms with Gasteiger partial charge in [0.2, 0.25) is 0 Å². The van der Waals surface area contributed by atoms with Crippen LogP contribution in [0.5, 0.6) is 0 Å². The summed E-state index contributed by atoms with van der Waals surface area (Å²) in [5.41, 5.74) is 3.08. The Morgan fingerprint density at radius 3 is 2.55 bits per heavy atom. The zero-order valence-electron chi connectivity index (χ0n) is 10.8. The average molecular weight is 284 g/mol. The van der Waals surface area contributed by atoms with Crippen LogP contribution < -0.4 is 5.32 Å². The first-order chi connectivity index (χ1) is 9.83. The highest BCUT2D eigenvalue weighted by molar-refractivity contribution is 6.31. The molecule has 3 nitrogen and oxygen atoms in total. The van der Waals surface area contributed by atoms with Crippen LogP contribution in [0.25, 0.3) is 5.69 Å². The maximum absolute atomic E-state index is 6.13. The van der Waals surface area contributed by atoms with Gasteiger partial charge in [-0.3, -0.25) is 0 Å². The molecule has 0 unspecified atom stereocenters. The average Bonchev–Trinajstić information content (AvgIpc) is 2.96. The summed E-state index contributed by atoms with van der Waals surface area (Å²) in [5, 5.41) is 8.44. The number of nitrogens with one attached hydrogen (secondary N) is 1. The van der Waals surface area contributed by atoms with E-state index in [1.165, 1.54) is 0 Å². The van der Waals surface area contributed by atoms with Gasteiger partial charge in [0.05, 0.1) is 23.8 Å². The third-order valence-corrected chi connectivity index (χ3v) is 3.41. The molecule has 0 aliphatic rings. The van der Waals surface area contributed by atoms with Crippen LogP contribution in [0.3, 0.4) is 0 Å². The van der Waals surface area contributed by atoms with Gasteiger partial charge in [0.15, 0.2) is 0 Å². The molecule has 0 radical (unpaired) electrons. The Hall–Kier alpha value is -2.26. The van der Waals surface area contributed by atoms with Gasteiger partial charge in [-0.25, -0.2) is 4.68 Å². The number of rotatable bonds is 4. The summed E-state index contributed by atoms with van der Waals surface area (Å²) < 4.78 is 1.84. The standard InChI is InChI=1S/C16H14ClN3/c17-16-9-5-4-6-13(16)10-18-14-11-19-20(12-14)15-7-2-1-3-8-15/h1-9,11-12,18H,10H2. The summed E-state index contributed by atoms with van der Waals surface area (Å²) >= 11 is 6.13. The van der Waals surface area contributed by atoms with Crippen LogP contribution >= 0.6 is 11.6 Å². The molecule has 0 spiro atoms. The van der Waals surface area contributed by atoms with Crippen LogP contribution in [-0.2, 0) is 6.54 Å². The number of nitrogens with zero attached hydrogens (tertiary/aromatic N) is 2. The van der Waals surface area contributed by atoms with E-state index in [1.54, 1.807) is 0 Å². The van der Waals surface area contributed by atoms with E-state index in [-0.39, 0.29) is 0 Å².